The van der Waals surface area contributed by atoms with Gasteiger partial charge in [-0.2, -0.15) is 0 Å². The van der Waals surface area contributed by atoms with Crippen molar-refractivity contribution >= 4 is 50.5 Å². The molecule has 5 heteroatoms. The first-order valence-electron chi connectivity index (χ1n) is 6.05. The third-order valence-electron chi connectivity index (χ3n) is 2.75. The van der Waals surface area contributed by atoms with Crippen LogP contribution in [0, 0.1) is 0 Å². The van der Waals surface area contributed by atoms with Gasteiger partial charge in [0.1, 0.15) is 0 Å². The number of nitrogens with one attached hydrogen (secondary N) is 1. The number of hydrogen-bond donors (Lipinski definition) is 1. The van der Waals surface area contributed by atoms with E-state index in [2.05, 4.69) is 40.3 Å². The van der Waals surface area contributed by atoms with Crippen LogP contribution in [0.2, 0.25) is 9.36 Å². The molecule has 0 radical (unpaired) electrons. The van der Waals surface area contributed by atoms with Crippen LogP contribution in [0.3, 0.4) is 0 Å². The quantitative estimate of drug-likeness (QED) is 0.682. The normalized spacial score (nSPS) is 12.6. The molecule has 102 valence electrons. The summed E-state index contributed by atoms with van der Waals surface area (Å²) in [5, 5.41) is 4.27. The van der Waals surface area contributed by atoms with Crippen LogP contribution in [0.4, 0.5) is 0 Å². The van der Waals surface area contributed by atoms with Crippen molar-refractivity contribution in [2.75, 3.05) is 6.54 Å². The van der Waals surface area contributed by atoms with E-state index in [-0.39, 0.29) is 6.04 Å². The van der Waals surface area contributed by atoms with Crippen LogP contribution in [0.25, 0.3) is 0 Å². The summed E-state index contributed by atoms with van der Waals surface area (Å²) in [4.78, 5) is 1.21. The molecule has 1 aromatic heterocycles. The van der Waals surface area contributed by atoms with Crippen LogP contribution >= 0.6 is 50.5 Å². The molecule has 0 saturated heterocycles. The van der Waals surface area contributed by atoms with E-state index in [4.69, 9.17) is 23.2 Å². The van der Waals surface area contributed by atoms with Crippen molar-refractivity contribution in [2.24, 2.45) is 0 Å². The lowest BCUT2D eigenvalue weighted by Gasteiger charge is -2.18. The lowest BCUT2D eigenvalue weighted by atomic mass is 10.1. The van der Waals surface area contributed by atoms with Gasteiger partial charge in [0.15, 0.2) is 0 Å². The SMILES string of the molecule is CCCNC(c1ccc(Br)c(Cl)c1)c1ccc(Cl)s1. The fourth-order valence-electron chi connectivity index (χ4n) is 1.85. The largest absolute Gasteiger partial charge is 0.306 e. The third-order valence-corrected chi connectivity index (χ3v) is 5.28. The molecule has 1 nitrogen and oxygen atoms in total. The van der Waals surface area contributed by atoms with Gasteiger partial charge in [0.05, 0.1) is 15.4 Å². The van der Waals surface area contributed by atoms with Crippen LogP contribution in [-0.2, 0) is 0 Å². The van der Waals surface area contributed by atoms with Gasteiger partial charge < -0.3 is 5.32 Å². The Morgan fingerprint density at radius 3 is 2.63 bits per heavy atom. The van der Waals surface area contributed by atoms with Gasteiger partial charge >= 0.3 is 0 Å². The maximum Gasteiger partial charge on any atom is 0.0931 e. The highest BCUT2D eigenvalue weighted by Crippen LogP contribution is 2.33. The summed E-state index contributed by atoms with van der Waals surface area (Å²) in [6, 6.07) is 10.2. The topological polar surface area (TPSA) is 12.0 Å². The highest BCUT2D eigenvalue weighted by molar-refractivity contribution is 9.10. The Bertz CT molecular complexity index is 556. The number of halogens is 3. The fourth-order valence-corrected chi connectivity index (χ4v) is 3.45. The predicted octanol–water partition coefficient (Wildman–Crippen LogP) is 5.91. The maximum atomic E-state index is 6.19. The van der Waals surface area contributed by atoms with Gasteiger partial charge in [-0.05, 0) is 58.7 Å². The van der Waals surface area contributed by atoms with Crippen molar-refractivity contribution in [3.8, 4) is 0 Å². The average molecular weight is 379 g/mol. The molecule has 0 fully saturated rings. The van der Waals surface area contributed by atoms with Crippen LogP contribution in [0.5, 0.6) is 0 Å². The molecule has 0 aliphatic carbocycles. The van der Waals surface area contributed by atoms with Gasteiger partial charge in [-0.1, -0.05) is 36.2 Å². The second-order valence-electron chi connectivity index (χ2n) is 4.20. The lowest BCUT2D eigenvalue weighted by molar-refractivity contribution is 0.606. The van der Waals surface area contributed by atoms with E-state index in [0.29, 0.717) is 0 Å². The summed E-state index contributed by atoms with van der Waals surface area (Å²) in [6.07, 6.45) is 1.08. The molecular weight excluding hydrogens is 365 g/mol. The molecule has 1 aromatic carbocycles. The van der Waals surface area contributed by atoms with E-state index >= 15 is 0 Å². The molecule has 1 unspecified atom stereocenters. The minimum atomic E-state index is 0.142. The van der Waals surface area contributed by atoms with Crippen molar-refractivity contribution in [3.05, 3.63) is 54.6 Å². The molecule has 1 N–H and O–H groups in total. The second-order valence-corrected chi connectivity index (χ2v) is 7.21. The van der Waals surface area contributed by atoms with E-state index < -0.39 is 0 Å². The first-order valence-corrected chi connectivity index (χ1v) is 8.42. The van der Waals surface area contributed by atoms with Crippen LogP contribution in [0.15, 0.2) is 34.8 Å². The lowest BCUT2D eigenvalue weighted by Crippen LogP contribution is -2.22. The molecule has 0 spiro atoms. The first kappa shape index (κ1) is 15.3. The minimum Gasteiger partial charge on any atom is -0.306 e. The van der Waals surface area contributed by atoms with E-state index in [1.54, 1.807) is 11.3 Å². The monoisotopic (exact) mass is 377 g/mol. The molecule has 2 aromatic rings. The van der Waals surface area contributed by atoms with Gasteiger partial charge in [-0.25, -0.2) is 0 Å². The Balaban J connectivity index is 2.33. The van der Waals surface area contributed by atoms with Crippen LogP contribution in [0.1, 0.15) is 29.8 Å². The highest BCUT2D eigenvalue weighted by Gasteiger charge is 2.16. The standard InChI is InChI=1S/C14H14BrCl2NS/c1-2-7-18-14(12-5-6-13(17)19-12)9-3-4-10(15)11(16)8-9/h3-6,8,14,18H,2,7H2,1H3. The van der Waals surface area contributed by atoms with E-state index in [0.717, 1.165) is 32.4 Å². The molecule has 0 amide bonds. The van der Waals surface area contributed by atoms with Gasteiger partial charge in [-0.15, -0.1) is 11.3 Å². The van der Waals surface area contributed by atoms with Crippen molar-refractivity contribution in [2.45, 2.75) is 19.4 Å². The summed E-state index contributed by atoms with van der Waals surface area (Å²) in [6.45, 7) is 3.11. The first-order chi connectivity index (χ1) is 9.11. The van der Waals surface area contributed by atoms with Crippen molar-refractivity contribution < 1.29 is 0 Å². The number of benzene rings is 1. The molecule has 0 bridgehead atoms. The molecule has 2 rings (SSSR count). The van der Waals surface area contributed by atoms with Crippen LogP contribution < -0.4 is 5.32 Å². The molecule has 0 saturated carbocycles. The summed E-state index contributed by atoms with van der Waals surface area (Å²) in [7, 11) is 0. The zero-order chi connectivity index (χ0) is 13.8. The average Bonchev–Trinajstić information content (AvgIpc) is 2.80. The Labute approximate surface area is 136 Å². The van der Waals surface area contributed by atoms with E-state index in [1.807, 2.05) is 18.2 Å². The van der Waals surface area contributed by atoms with Crippen molar-refractivity contribution in [1.29, 1.82) is 0 Å². The summed E-state index contributed by atoms with van der Waals surface area (Å²) in [5.74, 6) is 0. The van der Waals surface area contributed by atoms with Crippen molar-refractivity contribution in [3.63, 3.8) is 0 Å². The molecule has 0 aliphatic heterocycles. The van der Waals surface area contributed by atoms with Crippen molar-refractivity contribution in [1.82, 2.24) is 5.32 Å². The summed E-state index contributed by atoms with van der Waals surface area (Å²) >= 11 is 17.2. The summed E-state index contributed by atoms with van der Waals surface area (Å²) < 4.78 is 1.72. The fraction of sp³-hybridized carbons (Fsp3) is 0.286. The zero-order valence-electron chi connectivity index (χ0n) is 10.4. The van der Waals surface area contributed by atoms with E-state index in [9.17, 15) is 0 Å². The van der Waals surface area contributed by atoms with Gasteiger partial charge in [0.25, 0.3) is 0 Å². The Hall–Kier alpha value is -0.0600. The Kier molecular flexibility index (Phi) is 5.72. The highest BCUT2D eigenvalue weighted by atomic mass is 79.9. The molecule has 1 heterocycles. The minimum absolute atomic E-state index is 0.142. The summed E-state index contributed by atoms with van der Waals surface area (Å²) in [5.41, 5.74) is 1.15. The van der Waals surface area contributed by atoms with Gasteiger partial charge in [0, 0.05) is 9.35 Å². The molecular formula is C14H14BrCl2NS. The smallest absolute Gasteiger partial charge is 0.0931 e. The van der Waals surface area contributed by atoms with E-state index in [1.165, 1.54) is 4.88 Å². The molecule has 0 aliphatic rings. The molecule has 19 heavy (non-hydrogen) atoms. The number of hydrogen-bond acceptors (Lipinski definition) is 2. The zero-order valence-corrected chi connectivity index (χ0v) is 14.3. The predicted molar refractivity (Wildman–Crippen MR) is 88.6 cm³/mol. The Morgan fingerprint density at radius 2 is 2.05 bits per heavy atom. The van der Waals surface area contributed by atoms with Crippen LogP contribution in [-0.4, -0.2) is 6.54 Å². The number of rotatable bonds is 5. The third kappa shape index (κ3) is 3.96. The Morgan fingerprint density at radius 1 is 1.26 bits per heavy atom. The maximum absolute atomic E-state index is 6.19. The second kappa shape index (κ2) is 7.09. The number of thiophene rings is 1. The molecule has 1 atom stereocenters. The van der Waals surface area contributed by atoms with Gasteiger partial charge in [0.2, 0.25) is 0 Å². The van der Waals surface area contributed by atoms with Gasteiger partial charge in [-0.3, -0.25) is 0 Å².